The molecular weight excluding hydrogens is 458 g/mol. The van der Waals surface area contributed by atoms with Crippen LogP contribution in [-0.4, -0.2) is 36.0 Å². The summed E-state index contributed by atoms with van der Waals surface area (Å²) in [6, 6.07) is 8.13. The number of nitrogens with one attached hydrogen (secondary N) is 3. The lowest BCUT2D eigenvalue weighted by Crippen LogP contribution is -2.13. The first kappa shape index (κ1) is 20.0. The van der Waals surface area contributed by atoms with Crippen LogP contribution < -0.4 is 5.32 Å². The standard InChI is InChI=1S/C26H19N7OS/c34-26(14-1-2-14)30-17-5-16(8-27-9-17)21-7-19-24(12-29-21)32-33-25(19)22-6-18-20(15-3-4-35-13-15)10-28-11-23(18)31-22/h3-14,31H,1-2H2,(H,30,34)(H,32,33). The Kier molecular flexibility index (Phi) is 4.49. The van der Waals surface area contributed by atoms with Gasteiger partial charge in [-0.2, -0.15) is 16.4 Å². The van der Waals surface area contributed by atoms with Gasteiger partial charge in [-0.15, -0.1) is 0 Å². The molecule has 0 saturated heterocycles. The summed E-state index contributed by atoms with van der Waals surface area (Å²) < 4.78 is 0. The van der Waals surface area contributed by atoms with Gasteiger partial charge >= 0.3 is 0 Å². The Morgan fingerprint density at radius 3 is 2.74 bits per heavy atom. The second-order valence-corrected chi connectivity index (χ2v) is 9.54. The Balaban J connectivity index is 1.29. The Hall–Kier alpha value is -4.37. The Morgan fingerprint density at radius 2 is 1.89 bits per heavy atom. The van der Waals surface area contributed by atoms with Crippen molar-refractivity contribution < 1.29 is 4.79 Å². The highest BCUT2D eigenvalue weighted by atomic mass is 32.1. The minimum Gasteiger partial charge on any atom is -0.352 e. The van der Waals surface area contributed by atoms with E-state index < -0.39 is 0 Å². The van der Waals surface area contributed by atoms with Crippen molar-refractivity contribution in [2.24, 2.45) is 5.92 Å². The highest BCUT2D eigenvalue weighted by Gasteiger charge is 2.29. The molecule has 6 aromatic heterocycles. The van der Waals surface area contributed by atoms with E-state index >= 15 is 0 Å². The predicted octanol–water partition coefficient (Wildman–Crippen LogP) is 5.64. The maximum absolute atomic E-state index is 12.2. The molecule has 1 saturated carbocycles. The Morgan fingerprint density at radius 1 is 0.971 bits per heavy atom. The third-order valence-electron chi connectivity index (χ3n) is 6.33. The molecule has 6 heterocycles. The van der Waals surface area contributed by atoms with Gasteiger partial charge in [-0.1, -0.05) is 0 Å². The van der Waals surface area contributed by atoms with E-state index in [0.717, 1.165) is 68.4 Å². The molecule has 0 atom stereocenters. The number of anilines is 1. The van der Waals surface area contributed by atoms with Gasteiger partial charge < -0.3 is 10.3 Å². The third kappa shape index (κ3) is 3.57. The first-order valence-corrected chi connectivity index (χ1v) is 12.3. The smallest absolute Gasteiger partial charge is 0.227 e. The molecule has 3 N–H and O–H groups in total. The largest absolute Gasteiger partial charge is 0.352 e. The number of fused-ring (bicyclic) bond motifs is 2. The van der Waals surface area contributed by atoms with Crippen molar-refractivity contribution in [2.45, 2.75) is 12.8 Å². The molecule has 0 radical (unpaired) electrons. The average Bonchev–Trinajstić information content (AvgIpc) is 3.26. The predicted molar refractivity (Wildman–Crippen MR) is 137 cm³/mol. The third-order valence-corrected chi connectivity index (χ3v) is 7.01. The van der Waals surface area contributed by atoms with Gasteiger partial charge in [-0.3, -0.25) is 24.8 Å². The maximum Gasteiger partial charge on any atom is 0.227 e. The van der Waals surface area contributed by atoms with Crippen LogP contribution in [0, 0.1) is 5.92 Å². The Bertz CT molecular complexity index is 1710. The molecule has 6 aromatic rings. The van der Waals surface area contributed by atoms with E-state index in [-0.39, 0.29) is 11.8 Å². The van der Waals surface area contributed by atoms with Crippen molar-refractivity contribution in [3.05, 3.63) is 66.0 Å². The zero-order chi connectivity index (χ0) is 23.4. The number of carbonyl (C=O) groups excluding carboxylic acids is 1. The lowest BCUT2D eigenvalue weighted by molar-refractivity contribution is -0.117. The van der Waals surface area contributed by atoms with Gasteiger partial charge in [0.25, 0.3) is 0 Å². The quantitative estimate of drug-likeness (QED) is 0.297. The molecule has 0 aromatic carbocycles. The van der Waals surface area contributed by atoms with E-state index in [1.165, 1.54) is 0 Å². The molecule has 9 heteroatoms. The van der Waals surface area contributed by atoms with Crippen LogP contribution in [0.15, 0.2) is 66.0 Å². The second-order valence-electron chi connectivity index (χ2n) is 8.76. The van der Waals surface area contributed by atoms with E-state index in [2.05, 4.69) is 58.3 Å². The molecule has 1 aliphatic rings. The monoisotopic (exact) mass is 477 g/mol. The second kappa shape index (κ2) is 7.85. The van der Waals surface area contributed by atoms with Crippen LogP contribution >= 0.6 is 11.3 Å². The van der Waals surface area contributed by atoms with Crippen LogP contribution in [0.3, 0.4) is 0 Å². The first-order chi connectivity index (χ1) is 17.2. The van der Waals surface area contributed by atoms with Crippen LogP contribution in [0.4, 0.5) is 5.69 Å². The first-order valence-electron chi connectivity index (χ1n) is 11.3. The van der Waals surface area contributed by atoms with Crippen LogP contribution in [0.1, 0.15) is 12.8 Å². The summed E-state index contributed by atoms with van der Waals surface area (Å²) in [5, 5.41) is 16.9. The Labute approximate surface area is 203 Å². The van der Waals surface area contributed by atoms with Crippen LogP contribution in [-0.2, 0) is 4.79 Å². The molecule has 170 valence electrons. The molecule has 0 aliphatic heterocycles. The van der Waals surface area contributed by atoms with Gasteiger partial charge in [-0.25, -0.2) is 0 Å². The minimum atomic E-state index is 0.0552. The molecule has 0 bridgehead atoms. The van der Waals surface area contributed by atoms with Crippen molar-refractivity contribution in [1.82, 2.24) is 30.1 Å². The zero-order valence-corrected chi connectivity index (χ0v) is 19.3. The molecule has 1 amide bonds. The number of amides is 1. The van der Waals surface area contributed by atoms with Crippen molar-refractivity contribution in [1.29, 1.82) is 0 Å². The fourth-order valence-electron chi connectivity index (χ4n) is 4.34. The molecule has 8 nitrogen and oxygen atoms in total. The number of thiophene rings is 1. The van der Waals surface area contributed by atoms with E-state index in [1.807, 2.05) is 24.5 Å². The summed E-state index contributed by atoms with van der Waals surface area (Å²) in [7, 11) is 0. The molecule has 7 rings (SSSR count). The summed E-state index contributed by atoms with van der Waals surface area (Å²) in [6.45, 7) is 0. The van der Waals surface area contributed by atoms with Crippen molar-refractivity contribution >= 4 is 44.7 Å². The number of aromatic amines is 2. The van der Waals surface area contributed by atoms with Crippen molar-refractivity contribution in [2.75, 3.05) is 5.32 Å². The molecule has 0 spiro atoms. The summed E-state index contributed by atoms with van der Waals surface area (Å²) in [4.78, 5) is 29.0. The molecule has 1 aliphatic carbocycles. The number of hydrogen-bond acceptors (Lipinski definition) is 6. The lowest BCUT2D eigenvalue weighted by atomic mass is 10.1. The van der Waals surface area contributed by atoms with Gasteiger partial charge in [0, 0.05) is 40.2 Å². The normalized spacial score (nSPS) is 13.5. The maximum atomic E-state index is 12.2. The lowest BCUT2D eigenvalue weighted by Gasteiger charge is -2.06. The molecule has 0 unspecified atom stereocenters. The van der Waals surface area contributed by atoms with Gasteiger partial charge in [-0.05, 0) is 53.4 Å². The van der Waals surface area contributed by atoms with Gasteiger partial charge in [0.15, 0.2) is 0 Å². The number of pyridine rings is 3. The fourth-order valence-corrected chi connectivity index (χ4v) is 5.00. The topological polar surface area (TPSA) is 112 Å². The van der Waals surface area contributed by atoms with E-state index in [4.69, 9.17) is 0 Å². The van der Waals surface area contributed by atoms with Gasteiger partial charge in [0.1, 0.15) is 5.69 Å². The fraction of sp³-hybridized carbons (Fsp3) is 0.115. The van der Waals surface area contributed by atoms with Gasteiger partial charge in [0.05, 0.1) is 46.7 Å². The zero-order valence-electron chi connectivity index (χ0n) is 18.4. The van der Waals surface area contributed by atoms with Crippen molar-refractivity contribution in [3.63, 3.8) is 0 Å². The van der Waals surface area contributed by atoms with Crippen LogP contribution in [0.25, 0.3) is 55.6 Å². The number of rotatable bonds is 5. The highest BCUT2D eigenvalue weighted by molar-refractivity contribution is 7.08. The minimum absolute atomic E-state index is 0.0552. The average molecular weight is 478 g/mol. The number of hydrogen-bond donors (Lipinski definition) is 3. The SMILES string of the molecule is O=C(Nc1cncc(-c2cc3c(-c4cc5c(-c6ccsc6)cncc5[nH]4)n[nH]c3cn2)c1)C1CC1. The van der Waals surface area contributed by atoms with E-state index in [9.17, 15) is 4.79 Å². The van der Waals surface area contributed by atoms with Crippen molar-refractivity contribution in [3.8, 4) is 33.8 Å². The van der Waals surface area contributed by atoms with E-state index in [1.54, 1.807) is 29.9 Å². The molecular formula is C26H19N7OS. The number of nitrogens with zero attached hydrogens (tertiary/aromatic N) is 4. The number of aromatic nitrogens is 6. The molecule has 1 fully saturated rings. The summed E-state index contributed by atoms with van der Waals surface area (Å²) in [5.41, 5.74) is 8.00. The highest BCUT2D eigenvalue weighted by Crippen LogP contribution is 2.35. The number of H-pyrrole nitrogens is 2. The van der Waals surface area contributed by atoms with Crippen LogP contribution in [0.5, 0.6) is 0 Å². The van der Waals surface area contributed by atoms with Gasteiger partial charge in [0.2, 0.25) is 5.91 Å². The van der Waals surface area contributed by atoms with E-state index in [0.29, 0.717) is 5.69 Å². The number of carbonyl (C=O) groups is 1. The summed E-state index contributed by atoms with van der Waals surface area (Å²) in [6.07, 6.45) is 10.8. The summed E-state index contributed by atoms with van der Waals surface area (Å²) >= 11 is 1.67. The summed E-state index contributed by atoms with van der Waals surface area (Å²) in [5.74, 6) is 0.188. The van der Waals surface area contributed by atoms with Crippen LogP contribution in [0.2, 0.25) is 0 Å². The molecule has 35 heavy (non-hydrogen) atoms.